The van der Waals surface area contributed by atoms with Gasteiger partial charge in [0, 0.05) is 16.5 Å². The highest BCUT2D eigenvalue weighted by molar-refractivity contribution is 7.17. The van der Waals surface area contributed by atoms with Crippen LogP contribution in [0.1, 0.15) is 72.2 Å². The minimum atomic E-state index is -1.18. The van der Waals surface area contributed by atoms with Gasteiger partial charge in [0.25, 0.3) is 11.8 Å². The van der Waals surface area contributed by atoms with Gasteiger partial charge in [0.05, 0.1) is 26.4 Å². The number of esters is 2. The number of amides is 2. The number of hydrogen-bond donors (Lipinski definition) is 2. The number of benzene rings is 1. The van der Waals surface area contributed by atoms with Crippen molar-refractivity contribution in [1.29, 1.82) is 0 Å². The lowest BCUT2D eigenvalue weighted by atomic mass is 9.88. The highest BCUT2D eigenvalue weighted by atomic mass is 32.1. The molecule has 11 heteroatoms. The van der Waals surface area contributed by atoms with Crippen molar-refractivity contribution in [2.75, 3.05) is 26.1 Å². The van der Waals surface area contributed by atoms with E-state index < -0.39 is 35.9 Å². The molecule has 218 valence electrons. The van der Waals surface area contributed by atoms with Crippen molar-refractivity contribution in [2.24, 2.45) is 11.8 Å². The summed E-state index contributed by atoms with van der Waals surface area (Å²) in [6.07, 6.45) is 1.32. The second-order valence-corrected chi connectivity index (χ2v) is 11.2. The second-order valence-electron chi connectivity index (χ2n) is 10.1. The molecule has 1 aliphatic rings. The average Bonchev–Trinajstić information content (AvgIpc) is 3.27. The first-order valence-electron chi connectivity index (χ1n) is 13.4. The number of fused-ring (bicyclic) bond motifs is 1. The molecule has 0 saturated heterocycles. The largest absolute Gasteiger partial charge is 0.497 e. The molecule has 3 unspecified atom stereocenters. The standard InChI is InChI=1S/C29H38N2O8S/c1-8-38-28(34)23-21-10-9-16(4)11-22(21)40-27(23)31-25(32)17(5)39-29(35)24(15(2)3)30-26(33)18-12-19(36-6)14-20(13-18)37-7/h12-17,24H,8-11H2,1-7H3,(H,30,33)(H,31,32). The van der Waals surface area contributed by atoms with Crippen LogP contribution in [0.2, 0.25) is 0 Å². The van der Waals surface area contributed by atoms with Crippen LogP contribution in [0, 0.1) is 11.8 Å². The Morgan fingerprint density at radius 1 is 1.05 bits per heavy atom. The van der Waals surface area contributed by atoms with E-state index in [2.05, 4.69) is 17.6 Å². The van der Waals surface area contributed by atoms with Gasteiger partial charge in [-0.1, -0.05) is 20.8 Å². The fourth-order valence-corrected chi connectivity index (χ4v) is 5.84. The fraction of sp³-hybridized carbons (Fsp3) is 0.517. The molecule has 1 heterocycles. The van der Waals surface area contributed by atoms with E-state index in [-0.39, 0.29) is 18.1 Å². The highest BCUT2D eigenvalue weighted by Gasteiger charge is 2.32. The van der Waals surface area contributed by atoms with Crippen molar-refractivity contribution >= 4 is 40.1 Å². The maximum absolute atomic E-state index is 13.1. The molecule has 1 aromatic heterocycles. The Morgan fingerprint density at radius 3 is 2.27 bits per heavy atom. The van der Waals surface area contributed by atoms with Crippen LogP contribution in [0.5, 0.6) is 11.5 Å². The lowest BCUT2D eigenvalue weighted by Gasteiger charge is -2.23. The summed E-state index contributed by atoms with van der Waals surface area (Å²) in [6, 6.07) is 3.66. The number of rotatable bonds is 11. The average molecular weight is 575 g/mol. The smallest absolute Gasteiger partial charge is 0.341 e. The summed E-state index contributed by atoms with van der Waals surface area (Å²) in [6.45, 7) is 9.05. The number of methoxy groups -OCH3 is 2. The molecule has 40 heavy (non-hydrogen) atoms. The lowest BCUT2D eigenvalue weighted by molar-refractivity contribution is -0.156. The van der Waals surface area contributed by atoms with Gasteiger partial charge in [-0.2, -0.15) is 0 Å². The monoisotopic (exact) mass is 574 g/mol. The van der Waals surface area contributed by atoms with Gasteiger partial charge in [-0.15, -0.1) is 11.3 Å². The zero-order valence-corrected chi connectivity index (χ0v) is 24.9. The van der Waals surface area contributed by atoms with E-state index in [1.165, 1.54) is 44.6 Å². The van der Waals surface area contributed by atoms with Crippen molar-refractivity contribution < 1.29 is 38.1 Å². The Labute approximate surface area is 238 Å². The molecule has 0 aliphatic heterocycles. The third-order valence-corrected chi connectivity index (χ3v) is 7.88. The SMILES string of the molecule is CCOC(=O)c1c(NC(=O)C(C)OC(=O)C(NC(=O)c2cc(OC)cc(OC)c2)C(C)C)sc2c1CCC(C)C2. The number of carbonyl (C=O) groups is 4. The van der Waals surface area contributed by atoms with Gasteiger partial charge in [-0.25, -0.2) is 9.59 Å². The first kappa shape index (κ1) is 30.9. The molecule has 0 fully saturated rings. The molecule has 0 saturated carbocycles. The topological polar surface area (TPSA) is 129 Å². The summed E-state index contributed by atoms with van der Waals surface area (Å²) in [5, 5.41) is 5.86. The summed E-state index contributed by atoms with van der Waals surface area (Å²) >= 11 is 1.36. The quantitative estimate of drug-likeness (QED) is 0.378. The van der Waals surface area contributed by atoms with E-state index in [9.17, 15) is 19.2 Å². The molecule has 1 aromatic carbocycles. The summed E-state index contributed by atoms with van der Waals surface area (Å²) in [5.74, 6) is -1.36. The van der Waals surface area contributed by atoms with Gasteiger partial charge in [0.1, 0.15) is 22.5 Å². The Kier molecular flexibility index (Phi) is 10.6. The Balaban J connectivity index is 1.73. The Morgan fingerprint density at radius 2 is 1.70 bits per heavy atom. The minimum Gasteiger partial charge on any atom is -0.497 e. The summed E-state index contributed by atoms with van der Waals surface area (Å²) in [4.78, 5) is 53.0. The van der Waals surface area contributed by atoms with Gasteiger partial charge in [-0.05, 0) is 62.6 Å². The first-order valence-corrected chi connectivity index (χ1v) is 14.2. The van der Waals surface area contributed by atoms with Gasteiger partial charge in [0.2, 0.25) is 0 Å². The molecule has 2 N–H and O–H groups in total. The summed E-state index contributed by atoms with van der Waals surface area (Å²) in [5.41, 5.74) is 1.53. The van der Waals surface area contributed by atoms with Crippen molar-refractivity contribution in [3.8, 4) is 11.5 Å². The predicted octanol–water partition coefficient (Wildman–Crippen LogP) is 4.39. The predicted molar refractivity (Wildman–Crippen MR) is 151 cm³/mol. The molecule has 0 bridgehead atoms. The molecule has 2 amide bonds. The lowest BCUT2D eigenvalue weighted by Crippen LogP contribution is -2.47. The fourth-order valence-electron chi connectivity index (χ4n) is 4.43. The number of ether oxygens (including phenoxy) is 4. The minimum absolute atomic E-state index is 0.214. The molecule has 0 radical (unpaired) electrons. The molecule has 10 nitrogen and oxygen atoms in total. The van der Waals surface area contributed by atoms with Gasteiger partial charge >= 0.3 is 11.9 Å². The maximum Gasteiger partial charge on any atom is 0.341 e. The summed E-state index contributed by atoms with van der Waals surface area (Å²) < 4.78 is 21.2. The summed E-state index contributed by atoms with van der Waals surface area (Å²) in [7, 11) is 2.94. The number of nitrogens with one attached hydrogen (secondary N) is 2. The van der Waals surface area contributed by atoms with E-state index >= 15 is 0 Å². The van der Waals surface area contributed by atoms with Crippen molar-refractivity contribution in [2.45, 2.75) is 66.0 Å². The van der Waals surface area contributed by atoms with E-state index in [4.69, 9.17) is 18.9 Å². The van der Waals surface area contributed by atoms with Crippen LogP contribution < -0.4 is 20.1 Å². The van der Waals surface area contributed by atoms with Gasteiger partial charge in [-0.3, -0.25) is 9.59 Å². The highest BCUT2D eigenvalue weighted by Crippen LogP contribution is 2.40. The first-order chi connectivity index (χ1) is 19.0. The molecule has 2 aromatic rings. The second kappa shape index (κ2) is 13.6. The normalized spacial score (nSPS) is 15.8. The maximum atomic E-state index is 13.1. The van der Waals surface area contributed by atoms with Crippen LogP contribution in [0.4, 0.5) is 5.00 Å². The van der Waals surface area contributed by atoms with Crippen LogP contribution in [0.25, 0.3) is 0 Å². The van der Waals surface area contributed by atoms with Crippen molar-refractivity contribution in [3.05, 3.63) is 39.8 Å². The van der Waals surface area contributed by atoms with E-state index in [0.717, 1.165) is 29.7 Å². The molecular formula is C29H38N2O8S. The Hall–Kier alpha value is -3.60. The molecule has 0 spiro atoms. The van der Waals surface area contributed by atoms with Crippen LogP contribution in [0.3, 0.4) is 0 Å². The van der Waals surface area contributed by atoms with Crippen LogP contribution in [-0.2, 0) is 31.9 Å². The van der Waals surface area contributed by atoms with Crippen LogP contribution in [0.15, 0.2) is 18.2 Å². The van der Waals surface area contributed by atoms with Crippen molar-refractivity contribution in [3.63, 3.8) is 0 Å². The van der Waals surface area contributed by atoms with E-state index in [1.807, 2.05) is 0 Å². The van der Waals surface area contributed by atoms with E-state index in [1.54, 1.807) is 26.8 Å². The molecule has 3 rings (SSSR count). The van der Waals surface area contributed by atoms with Gasteiger partial charge < -0.3 is 29.6 Å². The zero-order chi connectivity index (χ0) is 29.6. The number of anilines is 1. The Bertz CT molecular complexity index is 1230. The molecule has 3 atom stereocenters. The zero-order valence-electron chi connectivity index (χ0n) is 24.0. The van der Waals surface area contributed by atoms with Crippen LogP contribution in [-0.4, -0.2) is 56.7 Å². The van der Waals surface area contributed by atoms with E-state index in [0.29, 0.717) is 28.0 Å². The third-order valence-electron chi connectivity index (χ3n) is 6.71. The molecular weight excluding hydrogens is 536 g/mol. The number of hydrogen-bond acceptors (Lipinski definition) is 9. The number of carbonyl (C=O) groups excluding carboxylic acids is 4. The van der Waals surface area contributed by atoms with Crippen molar-refractivity contribution in [1.82, 2.24) is 5.32 Å². The van der Waals surface area contributed by atoms with Crippen LogP contribution >= 0.6 is 11.3 Å². The van der Waals surface area contributed by atoms with Gasteiger partial charge in [0.15, 0.2) is 6.10 Å². The molecule has 1 aliphatic carbocycles. The third kappa shape index (κ3) is 7.32. The number of thiophene rings is 1.